The molecule has 0 amide bonds. The van der Waals surface area contributed by atoms with Crippen molar-refractivity contribution in [3.05, 3.63) is 30.3 Å². The predicted octanol–water partition coefficient (Wildman–Crippen LogP) is 3.21. The number of para-hydroxylation sites is 1. The van der Waals surface area contributed by atoms with Gasteiger partial charge in [-0.1, -0.05) is 31.5 Å². The van der Waals surface area contributed by atoms with Gasteiger partial charge in [0.2, 0.25) is 0 Å². The summed E-state index contributed by atoms with van der Waals surface area (Å²) in [7, 11) is 0. The molecular weight excluding hydrogens is 266 g/mol. The molecule has 0 heterocycles. The molecule has 1 rings (SSSR count). The van der Waals surface area contributed by atoms with Crippen LogP contribution >= 0.6 is 0 Å². The maximum atomic E-state index is 12.0. The highest BCUT2D eigenvalue weighted by atomic mass is 16.5. The average Bonchev–Trinajstić information content (AvgIpc) is 2.50. The lowest BCUT2D eigenvalue weighted by molar-refractivity contribution is -0.144. The second-order valence-electron chi connectivity index (χ2n) is 4.95. The number of carbonyl (C=O) groups excluding carboxylic acids is 2. The Morgan fingerprint density at radius 3 is 2.43 bits per heavy atom. The quantitative estimate of drug-likeness (QED) is 0.621. The number of benzene rings is 1. The van der Waals surface area contributed by atoms with Crippen LogP contribution in [0.15, 0.2) is 30.3 Å². The highest BCUT2D eigenvalue weighted by Crippen LogP contribution is 2.14. The minimum absolute atomic E-state index is 0.0722. The molecule has 0 saturated carbocycles. The van der Waals surface area contributed by atoms with Crippen molar-refractivity contribution in [3.8, 4) is 0 Å². The standard InChI is InChI=1S/C17H25NO3/c1-3-5-13-18(15-9-7-6-8-10-15)14-16(19)11-12-17(20)21-4-2/h6-10H,3-5,11-14H2,1-2H3. The van der Waals surface area contributed by atoms with Gasteiger partial charge in [0.15, 0.2) is 5.78 Å². The van der Waals surface area contributed by atoms with E-state index in [1.165, 1.54) is 0 Å². The molecule has 0 N–H and O–H groups in total. The summed E-state index contributed by atoms with van der Waals surface area (Å²) in [4.78, 5) is 25.4. The normalized spacial score (nSPS) is 10.2. The van der Waals surface area contributed by atoms with Gasteiger partial charge in [0.25, 0.3) is 0 Å². The van der Waals surface area contributed by atoms with Gasteiger partial charge in [0.1, 0.15) is 0 Å². The van der Waals surface area contributed by atoms with Crippen LogP contribution in [0.3, 0.4) is 0 Å². The first-order valence-corrected chi connectivity index (χ1v) is 7.64. The zero-order chi connectivity index (χ0) is 15.5. The highest BCUT2D eigenvalue weighted by molar-refractivity contribution is 5.86. The van der Waals surface area contributed by atoms with Crippen LogP contribution in [0.1, 0.15) is 39.5 Å². The molecule has 0 radical (unpaired) electrons. The molecule has 0 fully saturated rings. The van der Waals surface area contributed by atoms with E-state index in [1.807, 2.05) is 30.3 Å². The van der Waals surface area contributed by atoms with E-state index in [-0.39, 0.29) is 24.6 Å². The molecule has 4 nitrogen and oxygen atoms in total. The Labute approximate surface area is 127 Å². The van der Waals surface area contributed by atoms with Gasteiger partial charge < -0.3 is 9.64 Å². The summed E-state index contributed by atoms with van der Waals surface area (Å²) in [6.45, 7) is 5.46. The van der Waals surface area contributed by atoms with Crippen LogP contribution in [-0.4, -0.2) is 31.4 Å². The van der Waals surface area contributed by atoms with Gasteiger partial charge in [-0.3, -0.25) is 9.59 Å². The molecule has 0 saturated heterocycles. The Morgan fingerprint density at radius 1 is 1.10 bits per heavy atom. The minimum Gasteiger partial charge on any atom is -0.466 e. The summed E-state index contributed by atoms with van der Waals surface area (Å²) < 4.78 is 4.84. The Morgan fingerprint density at radius 2 is 1.81 bits per heavy atom. The van der Waals surface area contributed by atoms with Gasteiger partial charge in [-0.25, -0.2) is 0 Å². The van der Waals surface area contributed by atoms with E-state index in [9.17, 15) is 9.59 Å². The summed E-state index contributed by atoms with van der Waals surface area (Å²) in [6.07, 6.45) is 2.54. The first-order valence-electron chi connectivity index (χ1n) is 7.64. The Kier molecular flexibility index (Phi) is 8.17. The number of esters is 1. The highest BCUT2D eigenvalue weighted by Gasteiger charge is 2.13. The van der Waals surface area contributed by atoms with Gasteiger partial charge in [-0.15, -0.1) is 0 Å². The maximum absolute atomic E-state index is 12.0. The summed E-state index contributed by atoms with van der Waals surface area (Å²) in [6, 6.07) is 9.92. The summed E-state index contributed by atoms with van der Waals surface area (Å²) >= 11 is 0. The molecule has 0 aromatic heterocycles. The fourth-order valence-electron chi connectivity index (χ4n) is 2.05. The van der Waals surface area contributed by atoms with Crippen LogP contribution in [0.2, 0.25) is 0 Å². The van der Waals surface area contributed by atoms with Gasteiger partial charge >= 0.3 is 5.97 Å². The lowest BCUT2D eigenvalue weighted by atomic mass is 10.2. The van der Waals surface area contributed by atoms with Crippen molar-refractivity contribution in [1.29, 1.82) is 0 Å². The second-order valence-corrected chi connectivity index (χ2v) is 4.95. The molecule has 1 aromatic carbocycles. The van der Waals surface area contributed by atoms with Crippen LogP contribution < -0.4 is 4.90 Å². The van der Waals surface area contributed by atoms with Gasteiger partial charge in [-0.2, -0.15) is 0 Å². The lowest BCUT2D eigenvalue weighted by Gasteiger charge is -2.24. The van der Waals surface area contributed by atoms with E-state index < -0.39 is 0 Å². The molecule has 0 aliphatic carbocycles. The van der Waals surface area contributed by atoms with Crippen molar-refractivity contribution < 1.29 is 14.3 Å². The van der Waals surface area contributed by atoms with Crippen molar-refractivity contribution in [2.24, 2.45) is 0 Å². The Balaban J connectivity index is 2.52. The Bertz CT molecular complexity index is 431. The number of rotatable bonds is 10. The number of Topliss-reactive ketones (excluding diaryl/α,β-unsaturated/α-hetero) is 1. The molecule has 0 spiro atoms. The first kappa shape index (κ1) is 17.2. The number of carbonyl (C=O) groups is 2. The van der Waals surface area contributed by atoms with Gasteiger partial charge in [0.05, 0.1) is 19.6 Å². The summed E-state index contributed by atoms with van der Waals surface area (Å²) in [5.41, 5.74) is 1.05. The van der Waals surface area contributed by atoms with Crippen molar-refractivity contribution in [3.63, 3.8) is 0 Å². The van der Waals surface area contributed by atoms with Gasteiger partial charge in [-0.05, 0) is 25.5 Å². The number of ketones is 1. The van der Waals surface area contributed by atoms with E-state index >= 15 is 0 Å². The third-order valence-electron chi connectivity index (χ3n) is 3.18. The topological polar surface area (TPSA) is 46.6 Å². The van der Waals surface area contributed by atoms with E-state index in [2.05, 4.69) is 11.8 Å². The zero-order valence-electron chi connectivity index (χ0n) is 13.0. The van der Waals surface area contributed by atoms with Crippen LogP contribution in [0.4, 0.5) is 5.69 Å². The fourth-order valence-corrected chi connectivity index (χ4v) is 2.05. The molecule has 4 heteroatoms. The average molecular weight is 291 g/mol. The fraction of sp³-hybridized carbons (Fsp3) is 0.529. The number of hydrogen-bond acceptors (Lipinski definition) is 4. The summed E-state index contributed by atoms with van der Waals surface area (Å²) in [5.74, 6) is -0.228. The third kappa shape index (κ3) is 6.93. The van der Waals surface area contributed by atoms with Crippen LogP contribution in [0, 0.1) is 0 Å². The number of nitrogens with zero attached hydrogens (tertiary/aromatic N) is 1. The molecule has 116 valence electrons. The van der Waals surface area contributed by atoms with E-state index in [0.29, 0.717) is 13.2 Å². The van der Waals surface area contributed by atoms with E-state index in [4.69, 9.17) is 4.74 Å². The van der Waals surface area contributed by atoms with Gasteiger partial charge in [0, 0.05) is 18.7 Å². The molecule has 0 atom stereocenters. The zero-order valence-corrected chi connectivity index (χ0v) is 13.0. The second kappa shape index (κ2) is 9.97. The van der Waals surface area contributed by atoms with Crippen molar-refractivity contribution >= 4 is 17.4 Å². The molecule has 0 unspecified atom stereocenters. The van der Waals surface area contributed by atoms with Crippen LogP contribution in [0.25, 0.3) is 0 Å². The van der Waals surface area contributed by atoms with Crippen molar-refractivity contribution in [1.82, 2.24) is 0 Å². The monoisotopic (exact) mass is 291 g/mol. The van der Waals surface area contributed by atoms with Crippen molar-refractivity contribution in [2.75, 3.05) is 24.6 Å². The maximum Gasteiger partial charge on any atom is 0.306 e. The predicted molar refractivity (Wildman–Crippen MR) is 84.4 cm³/mol. The van der Waals surface area contributed by atoms with Crippen LogP contribution in [-0.2, 0) is 14.3 Å². The first-order chi connectivity index (χ1) is 10.2. The number of unbranched alkanes of at least 4 members (excludes halogenated alkanes) is 1. The molecule has 21 heavy (non-hydrogen) atoms. The van der Waals surface area contributed by atoms with E-state index in [0.717, 1.165) is 25.1 Å². The molecule has 0 aliphatic heterocycles. The number of hydrogen-bond donors (Lipinski definition) is 0. The Hall–Kier alpha value is -1.84. The third-order valence-corrected chi connectivity index (χ3v) is 3.18. The lowest BCUT2D eigenvalue weighted by Crippen LogP contribution is -2.31. The van der Waals surface area contributed by atoms with Crippen molar-refractivity contribution in [2.45, 2.75) is 39.5 Å². The smallest absolute Gasteiger partial charge is 0.306 e. The largest absolute Gasteiger partial charge is 0.466 e. The number of anilines is 1. The van der Waals surface area contributed by atoms with Crippen LogP contribution in [0.5, 0.6) is 0 Å². The molecule has 0 aliphatic rings. The SMILES string of the molecule is CCCCN(CC(=O)CCC(=O)OCC)c1ccccc1. The molecule has 0 bridgehead atoms. The van der Waals surface area contributed by atoms with E-state index in [1.54, 1.807) is 6.92 Å². The molecular formula is C17H25NO3. The summed E-state index contributed by atoms with van der Waals surface area (Å²) in [5, 5.41) is 0. The minimum atomic E-state index is -0.300. The number of ether oxygens (including phenoxy) is 1. The molecule has 1 aromatic rings.